The van der Waals surface area contributed by atoms with Crippen molar-refractivity contribution in [3.05, 3.63) is 63.6 Å². The maximum Gasteiger partial charge on any atom is 0.338 e. The van der Waals surface area contributed by atoms with Crippen LogP contribution in [-0.2, 0) is 14.8 Å². The minimum atomic E-state index is -3.83. The summed E-state index contributed by atoms with van der Waals surface area (Å²) in [7, 11) is -1.13. The molecule has 0 saturated heterocycles. The number of benzene rings is 2. The standard InChI is InChI=1S/C17H15Cl2NO5S/c1-20(2)26(23,24)16-9-12(5-8-14(16)19)17(22)25-10-15(21)11-3-6-13(18)7-4-11/h3-9H,10H2,1-2H3. The van der Waals surface area contributed by atoms with Crippen LogP contribution in [0.1, 0.15) is 20.7 Å². The first-order chi connectivity index (χ1) is 12.1. The number of halogens is 2. The predicted molar refractivity (Wildman–Crippen MR) is 98.4 cm³/mol. The van der Waals surface area contributed by atoms with Gasteiger partial charge in [-0.1, -0.05) is 23.2 Å². The molecule has 2 aromatic rings. The minimum absolute atomic E-state index is 0.0208. The number of esters is 1. The summed E-state index contributed by atoms with van der Waals surface area (Å²) < 4.78 is 30.4. The van der Waals surface area contributed by atoms with Gasteiger partial charge in [0.05, 0.1) is 10.6 Å². The Kier molecular flexibility index (Phi) is 6.41. The molecule has 0 heterocycles. The van der Waals surface area contributed by atoms with E-state index in [0.717, 1.165) is 10.4 Å². The van der Waals surface area contributed by atoms with Crippen molar-refractivity contribution in [1.29, 1.82) is 0 Å². The third-order valence-corrected chi connectivity index (χ3v) is 5.97. The van der Waals surface area contributed by atoms with Gasteiger partial charge in [0.2, 0.25) is 10.0 Å². The summed E-state index contributed by atoms with van der Waals surface area (Å²) in [6.07, 6.45) is 0. The molecule has 0 atom stereocenters. The predicted octanol–water partition coefficient (Wildman–Crippen LogP) is 3.28. The van der Waals surface area contributed by atoms with E-state index in [1.54, 1.807) is 12.1 Å². The summed E-state index contributed by atoms with van der Waals surface area (Å²) in [6, 6.07) is 9.86. The van der Waals surface area contributed by atoms with Crippen molar-refractivity contribution in [2.24, 2.45) is 0 Å². The van der Waals surface area contributed by atoms with E-state index >= 15 is 0 Å². The molecule has 0 aliphatic rings. The molecule has 2 aromatic carbocycles. The molecule has 0 bridgehead atoms. The van der Waals surface area contributed by atoms with E-state index in [1.165, 1.54) is 38.4 Å². The van der Waals surface area contributed by atoms with Crippen LogP contribution in [0.5, 0.6) is 0 Å². The van der Waals surface area contributed by atoms with E-state index in [-0.39, 0.29) is 15.5 Å². The molecule has 0 saturated carbocycles. The topological polar surface area (TPSA) is 80.8 Å². The van der Waals surface area contributed by atoms with E-state index in [1.807, 2.05) is 0 Å². The van der Waals surface area contributed by atoms with Gasteiger partial charge >= 0.3 is 5.97 Å². The van der Waals surface area contributed by atoms with Crippen molar-refractivity contribution in [2.45, 2.75) is 4.90 Å². The number of nitrogens with zero attached hydrogens (tertiary/aromatic N) is 1. The molecule has 0 aliphatic heterocycles. The quantitative estimate of drug-likeness (QED) is 0.533. The lowest BCUT2D eigenvalue weighted by Crippen LogP contribution is -2.23. The Morgan fingerprint density at radius 2 is 1.58 bits per heavy atom. The summed E-state index contributed by atoms with van der Waals surface area (Å²) in [5.74, 6) is -1.25. The maximum atomic E-state index is 12.2. The number of rotatable bonds is 6. The Morgan fingerprint density at radius 1 is 1.00 bits per heavy atom. The first kappa shape index (κ1) is 20.4. The van der Waals surface area contributed by atoms with E-state index in [4.69, 9.17) is 27.9 Å². The zero-order valence-electron chi connectivity index (χ0n) is 13.9. The number of sulfonamides is 1. The third-order valence-electron chi connectivity index (χ3n) is 3.43. The van der Waals surface area contributed by atoms with Crippen molar-refractivity contribution in [3.63, 3.8) is 0 Å². The minimum Gasteiger partial charge on any atom is -0.454 e. The van der Waals surface area contributed by atoms with Crippen LogP contribution >= 0.6 is 23.2 Å². The lowest BCUT2D eigenvalue weighted by atomic mass is 10.1. The highest BCUT2D eigenvalue weighted by Gasteiger charge is 2.23. The SMILES string of the molecule is CN(C)S(=O)(=O)c1cc(C(=O)OCC(=O)c2ccc(Cl)cc2)ccc1Cl. The Labute approximate surface area is 161 Å². The van der Waals surface area contributed by atoms with E-state index in [2.05, 4.69) is 0 Å². The lowest BCUT2D eigenvalue weighted by Gasteiger charge is -2.13. The molecule has 0 radical (unpaired) electrons. The summed E-state index contributed by atoms with van der Waals surface area (Å²) in [6.45, 7) is -0.487. The summed E-state index contributed by atoms with van der Waals surface area (Å²) in [5.41, 5.74) is 0.313. The van der Waals surface area contributed by atoms with Crippen LogP contribution in [0.2, 0.25) is 10.0 Å². The molecular formula is C17H15Cl2NO5S. The molecule has 0 N–H and O–H groups in total. The zero-order chi connectivity index (χ0) is 19.5. The average Bonchev–Trinajstić information content (AvgIpc) is 2.60. The largest absolute Gasteiger partial charge is 0.454 e. The second-order valence-electron chi connectivity index (χ2n) is 5.44. The number of Topliss-reactive ketones (excluding diaryl/α,β-unsaturated/α-hetero) is 1. The van der Waals surface area contributed by atoms with Gasteiger partial charge in [-0.2, -0.15) is 0 Å². The van der Waals surface area contributed by atoms with Gasteiger partial charge in [0.25, 0.3) is 0 Å². The molecular weight excluding hydrogens is 401 g/mol. The average molecular weight is 416 g/mol. The van der Waals surface area contributed by atoms with Gasteiger partial charge in [0.1, 0.15) is 4.90 Å². The molecule has 2 rings (SSSR count). The summed E-state index contributed by atoms with van der Waals surface area (Å²) in [5, 5.41) is 0.460. The fourth-order valence-electron chi connectivity index (χ4n) is 1.96. The molecule has 0 fully saturated rings. The molecule has 0 unspecified atom stereocenters. The van der Waals surface area contributed by atoms with E-state index in [0.29, 0.717) is 10.6 Å². The van der Waals surface area contributed by atoms with Crippen LogP contribution < -0.4 is 0 Å². The van der Waals surface area contributed by atoms with Crippen LogP contribution in [0.3, 0.4) is 0 Å². The van der Waals surface area contributed by atoms with Gasteiger partial charge in [0, 0.05) is 24.7 Å². The van der Waals surface area contributed by atoms with Gasteiger partial charge < -0.3 is 4.74 Å². The van der Waals surface area contributed by atoms with Gasteiger partial charge in [0.15, 0.2) is 12.4 Å². The monoisotopic (exact) mass is 415 g/mol. The van der Waals surface area contributed by atoms with Crippen molar-refractivity contribution < 1.29 is 22.7 Å². The van der Waals surface area contributed by atoms with Crippen LogP contribution in [0.15, 0.2) is 47.4 Å². The molecule has 138 valence electrons. The van der Waals surface area contributed by atoms with Gasteiger partial charge in [-0.15, -0.1) is 0 Å². The van der Waals surface area contributed by atoms with Crippen molar-refractivity contribution in [3.8, 4) is 0 Å². The van der Waals surface area contributed by atoms with Crippen LogP contribution in [0.25, 0.3) is 0 Å². The molecule has 0 amide bonds. The van der Waals surface area contributed by atoms with Gasteiger partial charge in [-0.3, -0.25) is 4.79 Å². The van der Waals surface area contributed by atoms with Crippen LogP contribution in [0.4, 0.5) is 0 Å². The first-order valence-electron chi connectivity index (χ1n) is 7.31. The number of ether oxygens (including phenoxy) is 1. The number of carbonyl (C=O) groups is 2. The zero-order valence-corrected chi connectivity index (χ0v) is 16.2. The molecule has 0 aliphatic carbocycles. The Bertz CT molecular complexity index is 940. The number of ketones is 1. The highest BCUT2D eigenvalue weighted by atomic mass is 35.5. The molecule has 26 heavy (non-hydrogen) atoms. The number of carbonyl (C=O) groups excluding carboxylic acids is 2. The Morgan fingerprint density at radius 3 is 2.15 bits per heavy atom. The van der Waals surface area contributed by atoms with Crippen molar-refractivity contribution in [1.82, 2.24) is 4.31 Å². The van der Waals surface area contributed by atoms with Crippen LogP contribution in [-0.4, -0.2) is 45.2 Å². The highest BCUT2D eigenvalue weighted by molar-refractivity contribution is 7.89. The second kappa shape index (κ2) is 8.18. The molecule has 9 heteroatoms. The van der Waals surface area contributed by atoms with E-state index < -0.39 is 28.4 Å². The fourth-order valence-corrected chi connectivity index (χ4v) is 3.48. The van der Waals surface area contributed by atoms with Gasteiger partial charge in [-0.05, 0) is 42.5 Å². The van der Waals surface area contributed by atoms with Crippen LogP contribution in [0, 0.1) is 0 Å². The lowest BCUT2D eigenvalue weighted by molar-refractivity contribution is 0.0474. The third kappa shape index (κ3) is 4.62. The van der Waals surface area contributed by atoms with Crippen molar-refractivity contribution >= 4 is 45.0 Å². The Balaban J connectivity index is 2.15. The second-order valence-corrected chi connectivity index (χ2v) is 8.40. The molecule has 0 aromatic heterocycles. The van der Waals surface area contributed by atoms with Gasteiger partial charge in [-0.25, -0.2) is 17.5 Å². The molecule has 6 nitrogen and oxygen atoms in total. The fraction of sp³-hybridized carbons (Fsp3) is 0.176. The molecule has 0 spiro atoms. The highest BCUT2D eigenvalue weighted by Crippen LogP contribution is 2.25. The summed E-state index contributed by atoms with van der Waals surface area (Å²) in [4.78, 5) is 23.9. The maximum absolute atomic E-state index is 12.2. The summed E-state index contributed by atoms with van der Waals surface area (Å²) >= 11 is 11.7. The number of hydrogen-bond acceptors (Lipinski definition) is 5. The normalized spacial score (nSPS) is 11.4. The van der Waals surface area contributed by atoms with E-state index in [9.17, 15) is 18.0 Å². The smallest absolute Gasteiger partial charge is 0.338 e. The first-order valence-corrected chi connectivity index (χ1v) is 9.50. The number of hydrogen-bond donors (Lipinski definition) is 0. The Hall–Kier alpha value is -1.93. The van der Waals surface area contributed by atoms with Crippen molar-refractivity contribution in [2.75, 3.05) is 20.7 Å².